The fraction of sp³-hybridized carbons (Fsp3) is 0.917. The summed E-state index contributed by atoms with van der Waals surface area (Å²) in [5, 5.41) is 12.3. The predicted molar refractivity (Wildman–Crippen MR) is 64.6 cm³/mol. The molecule has 0 amide bonds. The van der Waals surface area contributed by atoms with Crippen molar-refractivity contribution in [1.29, 1.82) is 0 Å². The average Bonchev–Trinajstić information content (AvgIpc) is 2.26. The molecule has 4 nitrogen and oxygen atoms in total. The zero-order valence-electron chi connectivity index (χ0n) is 10.4. The molecule has 0 aliphatic carbocycles. The number of carboxylic acid groups (broad SMARTS) is 1. The molecule has 0 bridgehead atoms. The number of carboxylic acids is 1. The number of piperidine rings is 1. The Morgan fingerprint density at radius 2 is 2.31 bits per heavy atom. The van der Waals surface area contributed by atoms with Crippen LogP contribution in [0.3, 0.4) is 0 Å². The molecule has 1 saturated heterocycles. The lowest BCUT2D eigenvalue weighted by atomic mass is 10.0. The van der Waals surface area contributed by atoms with Gasteiger partial charge >= 0.3 is 5.97 Å². The van der Waals surface area contributed by atoms with E-state index in [1.807, 2.05) is 6.92 Å². The van der Waals surface area contributed by atoms with Crippen molar-refractivity contribution in [2.75, 3.05) is 19.6 Å². The lowest BCUT2D eigenvalue weighted by molar-refractivity contribution is -0.138. The minimum atomic E-state index is -0.706. The van der Waals surface area contributed by atoms with Crippen LogP contribution < -0.4 is 5.32 Å². The largest absolute Gasteiger partial charge is 0.481 e. The van der Waals surface area contributed by atoms with Gasteiger partial charge in [-0.15, -0.1) is 0 Å². The highest BCUT2D eigenvalue weighted by Crippen LogP contribution is 2.11. The Bertz CT molecular complexity index is 215. The Morgan fingerprint density at radius 1 is 1.56 bits per heavy atom. The van der Waals surface area contributed by atoms with Crippen LogP contribution >= 0.6 is 0 Å². The van der Waals surface area contributed by atoms with E-state index >= 15 is 0 Å². The van der Waals surface area contributed by atoms with Gasteiger partial charge in [-0.3, -0.25) is 9.69 Å². The molecule has 0 aromatic heterocycles. The minimum Gasteiger partial charge on any atom is -0.481 e. The van der Waals surface area contributed by atoms with Crippen LogP contribution in [-0.2, 0) is 4.79 Å². The number of rotatable bonds is 6. The first kappa shape index (κ1) is 13.5. The number of hydrogen-bond acceptors (Lipinski definition) is 3. The van der Waals surface area contributed by atoms with Gasteiger partial charge in [0.1, 0.15) is 0 Å². The molecular formula is C12H24N2O2. The molecule has 16 heavy (non-hydrogen) atoms. The van der Waals surface area contributed by atoms with Crippen LogP contribution in [0.1, 0.15) is 39.5 Å². The Balaban J connectivity index is 2.37. The van der Waals surface area contributed by atoms with Crippen LogP contribution in [0.15, 0.2) is 0 Å². The van der Waals surface area contributed by atoms with Crippen LogP contribution in [-0.4, -0.2) is 47.7 Å². The third-order valence-electron chi connectivity index (χ3n) is 3.37. The molecule has 1 aliphatic heterocycles. The zero-order chi connectivity index (χ0) is 12.0. The Kier molecular flexibility index (Phi) is 5.77. The number of nitrogens with zero attached hydrogens (tertiary/aromatic N) is 1. The fourth-order valence-corrected chi connectivity index (χ4v) is 2.37. The molecule has 1 fully saturated rings. The monoisotopic (exact) mass is 228 g/mol. The molecule has 0 spiro atoms. The summed E-state index contributed by atoms with van der Waals surface area (Å²) in [4.78, 5) is 12.9. The maximum atomic E-state index is 10.7. The predicted octanol–water partition coefficient (Wildman–Crippen LogP) is 1.31. The van der Waals surface area contributed by atoms with Crippen molar-refractivity contribution in [2.24, 2.45) is 0 Å². The van der Waals surface area contributed by atoms with Gasteiger partial charge in [-0.25, -0.2) is 0 Å². The quantitative estimate of drug-likeness (QED) is 0.720. The number of nitrogens with one attached hydrogen (secondary N) is 1. The van der Waals surface area contributed by atoms with E-state index in [9.17, 15) is 4.79 Å². The second kappa shape index (κ2) is 6.86. The highest BCUT2D eigenvalue weighted by Gasteiger charge is 2.20. The van der Waals surface area contributed by atoms with Crippen molar-refractivity contribution in [3.8, 4) is 0 Å². The van der Waals surface area contributed by atoms with Crippen molar-refractivity contribution >= 4 is 5.97 Å². The number of hydrogen-bond donors (Lipinski definition) is 2. The molecule has 4 heteroatoms. The van der Waals surface area contributed by atoms with Gasteiger partial charge in [-0.2, -0.15) is 0 Å². The first-order valence-electron chi connectivity index (χ1n) is 6.32. The highest BCUT2D eigenvalue weighted by atomic mass is 16.4. The summed E-state index contributed by atoms with van der Waals surface area (Å²) in [6.07, 6.45) is 4.02. The Morgan fingerprint density at radius 3 is 2.81 bits per heavy atom. The summed E-state index contributed by atoms with van der Waals surface area (Å²) < 4.78 is 0. The van der Waals surface area contributed by atoms with Gasteiger partial charge in [-0.05, 0) is 32.9 Å². The van der Waals surface area contributed by atoms with E-state index in [4.69, 9.17) is 5.11 Å². The van der Waals surface area contributed by atoms with Crippen LogP contribution in [0.4, 0.5) is 0 Å². The maximum absolute atomic E-state index is 10.7. The summed E-state index contributed by atoms with van der Waals surface area (Å²) in [5.41, 5.74) is 0. The summed E-state index contributed by atoms with van der Waals surface area (Å²) >= 11 is 0. The van der Waals surface area contributed by atoms with Crippen molar-refractivity contribution in [2.45, 2.75) is 51.6 Å². The summed E-state index contributed by atoms with van der Waals surface area (Å²) in [7, 11) is 0. The molecule has 0 saturated carbocycles. The molecule has 1 rings (SSSR count). The molecule has 2 N–H and O–H groups in total. The minimum absolute atomic E-state index is 0.131. The van der Waals surface area contributed by atoms with E-state index in [1.165, 1.54) is 19.3 Å². The van der Waals surface area contributed by atoms with E-state index in [0.29, 0.717) is 6.04 Å². The molecule has 1 heterocycles. The summed E-state index contributed by atoms with van der Waals surface area (Å²) in [6.45, 7) is 7.11. The van der Waals surface area contributed by atoms with E-state index in [1.54, 1.807) is 0 Å². The standard InChI is InChI=1S/C12H24N2O2/c1-3-14(10(2)8-12(15)16)9-11-6-4-5-7-13-11/h10-11,13H,3-9H2,1-2H3,(H,15,16). The molecule has 0 aromatic carbocycles. The van der Waals surface area contributed by atoms with E-state index < -0.39 is 5.97 Å². The third kappa shape index (κ3) is 4.49. The number of likely N-dealkylation sites (N-methyl/N-ethyl adjacent to an activating group) is 1. The van der Waals surface area contributed by atoms with Crippen molar-refractivity contribution in [1.82, 2.24) is 10.2 Å². The van der Waals surface area contributed by atoms with E-state index in [-0.39, 0.29) is 12.5 Å². The van der Waals surface area contributed by atoms with Gasteiger partial charge in [0.05, 0.1) is 6.42 Å². The average molecular weight is 228 g/mol. The van der Waals surface area contributed by atoms with E-state index in [0.717, 1.165) is 19.6 Å². The van der Waals surface area contributed by atoms with Gasteiger partial charge in [0.15, 0.2) is 0 Å². The van der Waals surface area contributed by atoms with Gasteiger partial charge < -0.3 is 10.4 Å². The summed E-state index contributed by atoms with van der Waals surface area (Å²) in [5.74, 6) is -0.706. The van der Waals surface area contributed by atoms with Gasteiger partial charge in [0, 0.05) is 18.6 Å². The molecule has 2 unspecified atom stereocenters. The molecular weight excluding hydrogens is 204 g/mol. The number of carbonyl (C=O) groups is 1. The maximum Gasteiger partial charge on any atom is 0.304 e. The van der Waals surface area contributed by atoms with Gasteiger partial charge in [0.25, 0.3) is 0 Å². The van der Waals surface area contributed by atoms with Crippen molar-refractivity contribution in [3.05, 3.63) is 0 Å². The number of aliphatic carboxylic acids is 1. The van der Waals surface area contributed by atoms with Crippen molar-refractivity contribution < 1.29 is 9.90 Å². The first-order valence-corrected chi connectivity index (χ1v) is 6.32. The Labute approximate surface area is 98.0 Å². The lowest BCUT2D eigenvalue weighted by Crippen LogP contribution is -2.46. The lowest BCUT2D eigenvalue weighted by Gasteiger charge is -2.33. The first-order chi connectivity index (χ1) is 7.63. The summed E-state index contributed by atoms with van der Waals surface area (Å²) in [6, 6.07) is 0.677. The smallest absolute Gasteiger partial charge is 0.304 e. The molecule has 2 atom stereocenters. The van der Waals surface area contributed by atoms with Gasteiger partial charge in [-0.1, -0.05) is 13.3 Å². The van der Waals surface area contributed by atoms with Crippen molar-refractivity contribution in [3.63, 3.8) is 0 Å². The zero-order valence-corrected chi connectivity index (χ0v) is 10.4. The van der Waals surface area contributed by atoms with Crippen LogP contribution in [0.5, 0.6) is 0 Å². The SMILES string of the molecule is CCN(CC1CCCCN1)C(C)CC(=O)O. The van der Waals surface area contributed by atoms with Crippen LogP contribution in [0.25, 0.3) is 0 Å². The molecule has 1 aliphatic rings. The van der Waals surface area contributed by atoms with Crippen LogP contribution in [0.2, 0.25) is 0 Å². The molecule has 0 aromatic rings. The molecule has 0 radical (unpaired) electrons. The fourth-order valence-electron chi connectivity index (χ4n) is 2.37. The molecule has 94 valence electrons. The second-order valence-electron chi connectivity index (χ2n) is 4.68. The van der Waals surface area contributed by atoms with E-state index in [2.05, 4.69) is 17.1 Å². The normalized spacial score (nSPS) is 23.3. The second-order valence-corrected chi connectivity index (χ2v) is 4.68. The third-order valence-corrected chi connectivity index (χ3v) is 3.37. The van der Waals surface area contributed by atoms with Crippen LogP contribution in [0, 0.1) is 0 Å². The topological polar surface area (TPSA) is 52.6 Å². The van der Waals surface area contributed by atoms with Gasteiger partial charge in [0.2, 0.25) is 0 Å². The highest BCUT2D eigenvalue weighted by molar-refractivity contribution is 5.67. The Hall–Kier alpha value is -0.610.